The maximum Gasteiger partial charge on any atom is 0.235 e. The maximum atomic E-state index is 13.5. The number of nitrogens with one attached hydrogen (secondary N) is 1. The molecular formula is C27H36N2O4. The van der Waals surface area contributed by atoms with Crippen LogP contribution in [0, 0.1) is 0 Å². The molecular weight excluding hydrogens is 416 g/mol. The number of nitrogens with zero attached hydrogens (tertiary/aromatic N) is 1. The van der Waals surface area contributed by atoms with Gasteiger partial charge in [-0.3, -0.25) is 9.69 Å². The van der Waals surface area contributed by atoms with Gasteiger partial charge in [0.2, 0.25) is 5.91 Å². The zero-order valence-corrected chi connectivity index (χ0v) is 19.7. The van der Waals surface area contributed by atoms with Crippen molar-refractivity contribution in [1.29, 1.82) is 0 Å². The van der Waals surface area contributed by atoms with E-state index in [1.165, 1.54) is 6.42 Å². The van der Waals surface area contributed by atoms with Crippen molar-refractivity contribution in [3.05, 3.63) is 54.1 Å². The molecule has 1 saturated carbocycles. The monoisotopic (exact) mass is 452 g/mol. The zero-order chi connectivity index (χ0) is 22.9. The fourth-order valence-corrected chi connectivity index (χ4v) is 4.90. The molecule has 178 valence electrons. The van der Waals surface area contributed by atoms with Crippen LogP contribution in [0.25, 0.3) is 0 Å². The Labute approximate surface area is 197 Å². The summed E-state index contributed by atoms with van der Waals surface area (Å²) in [6.07, 6.45) is 6.05. The first-order chi connectivity index (χ1) is 16.2. The van der Waals surface area contributed by atoms with Gasteiger partial charge in [-0.15, -0.1) is 0 Å². The standard InChI is InChI=1S/C27H36N2O4/c1-31-24-10-6-22(7-11-24)27(14-3-2-4-15-27)26(30)28-23-8-12-25(13-9-23)33-19-5-16-29-17-20-32-21-18-29/h6-13H,2-5,14-21H2,1H3,(H,28,30). The van der Waals surface area contributed by atoms with Crippen LogP contribution in [0.5, 0.6) is 11.5 Å². The third kappa shape index (κ3) is 6.06. The van der Waals surface area contributed by atoms with E-state index in [2.05, 4.69) is 10.2 Å². The minimum Gasteiger partial charge on any atom is -0.497 e. The Morgan fingerprint density at radius 1 is 0.970 bits per heavy atom. The normalized spacial score (nSPS) is 18.5. The molecule has 6 nitrogen and oxygen atoms in total. The van der Waals surface area contributed by atoms with E-state index in [0.29, 0.717) is 6.61 Å². The summed E-state index contributed by atoms with van der Waals surface area (Å²) < 4.78 is 16.6. The Bertz CT molecular complexity index is 870. The molecule has 1 aliphatic carbocycles. The summed E-state index contributed by atoms with van der Waals surface area (Å²) in [6, 6.07) is 15.7. The van der Waals surface area contributed by atoms with Crippen LogP contribution in [-0.2, 0) is 14.9 Å². The summed E-state index contributed by atoms with van der Waals surface area (Å²) in [7, 11) is 1.66. The molecule has 0 spiro atoms. The molecule has 2 aromatic rings. The van der Waals surface area contributed by atoms with Crippen molar-refractivity contribution in [1.82, 2.24) is 4.90 Å². The highest BCUT2D eigenvalue weighted by atomic mass is 16.5. The Balaban J connectivity index is 1.33. The number of morpholine rings is 1. The summed E-state index contributed by atoms with van der Waals surface area (Å²) in [5.74, 6) is 1.72. The lowest BCUT2D eigenvalue weighted by Gasteiger charge is -2.36. The van der Waals surface area contributed by atoms with Gasteiger partial charge in [0, 0.05) is 25.3 Å². The molecule has 1 heterocycles. The second-order valence-electron chi connectivity index (χ2n) is 9.01. The summed E-state index contributed by atoms with van der Waals surface area (Å²) in [4.78, 5) is 15.9. The van der Waals surface area contributed by atoms with E-state index >= 15 is 0 Å². The predicted octanol–water partition coefficient (Wildman–Crippen LogP) is 4.64. The molecule has 1 aliphatic heterocycles. The lowest BCUT2D eigenvalue weighted by atomic mass is 9.68. The van der Waals surface area contributed by atoms with Gasteiger partial charge in [0.15, 0.2) is 0 Å². The van der Waals surface area contributed by atoms with Crippen molar-refractivity contribution in [3.8, 4) is 11.5 Å². The lowest BCUT2D eigenvalue weighted by Crippen LogP contribution is -2.42. The minimum absolute atomic E-state index is 0.0755. The number of hydrogen-bond donors (Lipinski definition) is 1. The van der Waals surface area contributed by atoms with Crippen LogP contribution < -0.4 is 14.8 Å². The number of benzene rings is 2. The minimum atomic E-state index is -0.487. The van der Waals surface area contributed by atoms with Crippen molar-refractivity contribution < 1.29 is 19.0 Å². The van der Waals surface area contributed by atoms with Gasteiger partial charge >= 0.3 is 0 Å². The molecule has 6 heteroatoms. The maximum absolute atomic E-state index is 13.5. The first-order valence-corrected chi connectivity index (χ1v) is 12.2. The highest BCUT2D eigenvalue weighted by molar-refractivity contribution is 5.99. The van der Waals surface area contributed by atoms with E-state index in [-0.39, 0.29) is 5.91 Å². The van der Waals surface area contributed by atoms with Gasteiger partial charge in [0.1, 0.15) is 11.5 Å². The smallest absolute Gasteiger partial charge is 0.235 e. The van der Waals surface area contributed by atoms with Gasteiger partial charge in [0.05, 0.1) is 32.3 Å². The van der Waals surface area contributed by atoms with Gasteiger partial charge < -0.3 is 19.5 Å². The summed E-state index contributed by atoms with van der Waals surface area (Å²) in [5.41, 5.74) is 1.39. The van der Waals surface area contributed by atoms with Crippen LogP contribution in [0.3, 0.4) is 0 Å². The van der Waals surface area contributed by atoms with Gasteiger partial charge in [-0.05, 0) is 61.2 Å². The van der Waals surface area contributed by atoms with Gasteiger partial charge in [-0.25, -0.2) is 0 Å². The number of carbonyl (C=O) groups is 1. The molecule has 33 heavy (non-hydrogen) atoms. The van der Waals surface area contributed by atoms with Crippen LogP contribution in [0.15, 0.2) is 48.5 Å². The van der Waals surface area contributed by atoms with Crippen molar-refractivity contribution >= 4 is 11.6 Å². The summed E-state index contributed by atoms with van der Waals surface area (Å²) >= 11 is 0. The average molecular weight is 453 g/mol. The number of methoxy groups -OCH3 is 1. The molecule has 0 radical (unpaired) electrons. The molecule has 1 amide bonds. The molecule has 0 aromatic heterocycles. The van der Waals surface area contributed by atoms with Crippen molar-refractivity contribution in [3.63, 3.8) is 0 Å². The van der Waals surface area contributed by atoms with Gasteiger partial charge in [0.25, 0.3) is 0 Å². The number of amides is 1. The first kappa shape index (κ1) is 23.6. The summed E-state index contributed by atoms with van der Waals surface area (Å²) in [5, 5.41) is 3.17. The highest BCUT2D eigenvalue weighted by Crippen LogP contribution is 2.41. The molecule has 4 rings (SSSR count). The van der Waals surface area contributed by atoms with E-state index in [1.807, 2.05) is 48.5 Å². The Morgan fingerprint density at radius 3 is 2.30 bits per heavy atom. The molecule has 0 atom stereocenters. The van der Waals surface area contributed by atoms with E-state index in [4.69, 9.17) is 14.2 Å². The van der Waals surface area contributed by atoms with Crippen LogP contribution in [0.2, 0.25) is 0 Å². The summed E-state index contributed by atoms with van der Waals surface area (Å²) in [6.45, 7) is 5.38. The Hall–Kier alpha value is -2.57. The zero-order valence-electron chi connectivity index (χ0n) is 19.7. The van der Waals surface area contributed by atoms with Crippen molar-refractivity contribution in [2.75, 3.05) is 51.9 Å². The third-order valence-electron chi connectivity index (χ3n) is 6.89. The molecule has 2 aliphatic rings. The molecule has 0 bridgehead atoms. The number of ether oxygens (including phenoxy) is 3. The molecule has 2 aromatic carbocycles. The van der Waals surface area contributed by atoms with E-state index in [1.54, 1.807) is 7.11 Å². The number of anilines is 1. The number of hydrogen-bond acceptors (Lipinski definition) is 5. The van der Waals surface area contributed by atoms with Crippen molar-refractivity contribution in [2.45, 2.75) is 43.9 Å². The van der Waals surface area contributed by atoms with E-state index < -0.39 is 5.41 Å². The quantitative estimate of drug-likeness (QED) is 0.562. The number of carbonyl (C=O) groups excluding carboxylic acids is 1. The molecule has 0 unspecified atom stereocenters. The largest absolute Gasteiger partial charge is 0.497 e. The lowest BCUT2D eigenvalue weighted by molar-refractivity contribution is -0.122. The van der Waals surface area contributed by atoms with Gasteiger partial charge in [-0.1, -0.05) is 31.4 Å². The Kier molecular flexibility index (Phi) is 8.24. The second-order valence-corrected chi connectivity index (χ2v) is 9.01. The average Bonchev–Trinajstić information content (AvgIpc) is 2.88. The second kappa shape index (κ2) is 11.5. The predicted molar refractivity (Wildman–Crippen MR) is 130 cm³/mol. The van der Waals surface area contributed by atoms with E-state index in [9.17, 15) is 4.79 Å². The third-order valence-corrected chi connectivity index (χ3v) is 6.89. The molecule has 1 N–H and O–H groups in total. The van der Waals surface area contributed by atoms with Crippen LogP contribution >= 0.6 is 0 Å². The topological polar surface area (TPSA) is 60.0 Å². The highest BCUT2D eigenvalue weighted by Gasteiger charge is 2.41. The van der Waals surface area contributed by atoms with Crippen LogP contribution in [0.4, 0.5) is 5.69 Å². The van der Waals surface area contributed by atoms with Crippen LogP contribution in [-0.4, -0.2) is 57.4 Å². The fourth-order valence-electron chi connectivity index (χ4n) is 4.90. The van der Waals surface area contributed by atoms with Crippen molar-refractivity contribution in [2.24, 2.45) is 0 Å². The van der Waals surface area contributed by atoms with E-state index in [0.717, 1.165) is 87.7 Å². The molecule has 1 saturated heterocycles. The first-order valence-electron chi connectivity index (χ1n) is 12.2. The van der Waals surface area contributed by atoms with Crippen LogP contribution in [0.1, 0.15) is 44.1 Å². The fraction of sp³-hybridized carbons (Fsp3) is 0.519. The SMILES string of the molecule is COc1ccc(C2(C(=O)Nc3ccc(OCCCN4CCOCC4)cc3)CCCCC2)cc1. The molecule has 2 fully saturated rings. The van der Waals surface area contributed by atoms with Gasteiger partial charge in [-0.2, -0.15) is 0 Å². The number of rotatable bonds is 9. The Morgan fingerprint density at radius 2 is 1.64 bits per heavy atom.